The van der Waals surface area contributed by atoms with Crippen molar-refractivity contribution >= 4 is 66.3 Å². The number of carbonyl (C=O) groups excluding carboxylic acids is 1. The molecule has 2 aromatic carbocycles. The number of anilines is 1. The van der Waals surface area contributed by atoms with E-state index in [9.17, 15) is 4.79 Å². The zero-order valence-electron chi connectivity index (χ0n) is 16.7. The summed E-state index contributed by atoms with van der Waals surface area (Å²) in [4.78, 5) is 18.2. The van der Waals surface area contributed by atoms with Crippen LogP contribution < -0.4 is 10.1 Å². The summed E-state index contributed by atoms with van der Waals surface area (Å²) in [5, 5.41) is 9.48. The van der Waals surface area contributed by atoms with Crippen molar-refractivity contribution in [3.05, 3.63) is 64.1 Å². The second-order valence-corrected chi connectivity index (χ2v) is 9.25. The van der Waals surface area contributed by atoms with Gasteiger partial charge in [-0.3, -0.25) is 4.79 Å². The summed E-state index contributed by atoms with van der Waals surface area (Å²) in [5.74, 6) is 0.991. The summed E-state index contributed by atoms with van der Waals surface area (Å²) < 4.78 is 9.30. The number of rotatable bonds is 5. The van der Waals surface area contributed by atoms with Crippen LogP contribution in [0.2, 0.25) is 5.02 Å². The Morgan fingerprint density at radius 1 is 1.16 bits per heavy atom. The van der Waals surface area contributed by atoms with E-state index in [1.807, 2.05) is 62.4 Å². The topological polar surface area (TPSA) is 69.0 Å². The third-order valence-corrected chi connectivity index (χ3v) is 7.34. The van der Waals surface area contributed by atoms with Crippen LogP contribution >= 0.6 is 34.3 Å². The van der Waals surface area contributed by atoms with Crippen molar-refractivity contribution in [1.29, 1.82) is 0 Å². The first-order valence-electron chi connectivity index (χ1n) is 9.63. The number of carbonyl (C=O) groups is 1. The van der Waals surface area contributed by atoms with E-state index >= 15 is 0 Å². The smallest absolute Gasteiger partial charge is 0.268 e. The maximum absolute atomic E-state index is 13.0. The van der Waals surface area contributed by atoms with E-state index in [0.717, 1.165) is 31.7 Å². The van der Waals surface area contributed by atoms with Crippen molar-refractivity contribution in [2.75, 3.05) is 11.9 Å². The molecule has 0 bridgehead atoms. The Bertz CT molecular complexity index is 1440. The Balaban J connectivity index is 1.52. The Morgan fingerprint density at radius 2 is 1.97 bits per heavy atom. The molecule has 0 radical (unpaired) electrons. The lowest BCUT2D eigenvalue weighted by molar-refractivity contribution is 0.103. The molecule has 0 aliphatic carbocycles. The van der Waals surface area contributed by atoms with E-state index in [1.165, 1.54) is 22.7 Å². The minimum absolute atomic E-state index is 0.275. The van der Waals surface area contributed by atoms with Crippen LogP contribution in [-0.2, 0) is 0 Å². The van der Waals surface area contributed by atoms with Gasteiger partial charge in [-0.05, 0) is 32.0 Å². The number of halogens is 1. The van der Waals surface area contributed by atoms with E-state index in [4.69, 9.17) is 21.3 Å². The Morgan fingerprint density at radius 3 is 2.77 bits per heavy atom. The molecule has 6 nitrogen and oxygen atoms in total. The van der Waals surface area contributed by atoms with E-state index in [1.54, 1.807) is 4.68 Å². The van der Waals surface area contributed by atoms with Crippen LogP contribution in [0.1, 0.15) is 22.3 Å². The summed E-state index contributed by atoms with van der Waals surface area (Å²) >= 11 is 9.33. The number of thiophene rings is 1. The van der Waals surface area contributed by atoms with Gasteiger partial charge in [-0.1, -0.05) is 47.2 Å². The molecule has 156 valence electrons. The van der Waals surface area contributed by atoms with Crippen molar-refractivity contribution in [2.24, 2.45) is 0 Å². The molecular formula is C22H17ClN4O2S2. The number of aromatic nitrogens is 3. The third kappa shape index (κ3) is 3.56. The highest BCUT2D eigenvalue weighted by Crippen LogP contribution is 2.36. The molecular weight excluding hydrogens is 452 g/mol. The van der Waals surface area contributed by atoms with Crippen LogP contribution in [0.3, 0.4) is 0 Å². The molecule has 5 rings (SSSR count). The first-order valence-corrected chi connectivity index (χ1v) is 11.6. The van der Waals surface area contributed by atoms with E-state index < -0.39 is 0 Å². The molecule has 0 atom stereocenters. The van der Waals surface area contributed by atoms with Gasteiger partial charge in [0.2, 0.25) is 5.13 Å². The largest absolute Gasteiger partial charge is 0.492 e. The number of ether oxygens (including phenoxy) is 1. The molecule has 31 heavy (non-hydrogen) atoms. The van der Waals surface area contributed by atoms with Crippen LogP contribution in [0.4, 0.5) is 5.82 Å². The molecule has 0 unspecified atom stereocenters. The number of thiazole rings is 1. The lowest BCUT2D eigenvalue weighted by Gasteiger charge is -2.05. The molecule has 0 fully saturated rings. The summed E-state index contributed by atoms with van der Waals surface area (Å²) in [6.07, 6.45) is 0. The summed E-state index contributed by atoms with van der Waals surface area (Å²) in [7, 11) is 0. The van der Waals surface area contributed by atoms with Gasteiger partial charge in [0.25, 0.3) is 5.91 Å². The maximum Gasteiger partial charge on any atom is 0.268 e. The van der Waals surface area contributed by atoms with Crippen molar-refractivity contribution in [3.63, 3.8) is 0 Å². The second kappa shape index (κ2) is 7.96. The van der Waals surface area contributed by atoms with Gasteiger partial charge in [-0.15, -0.1) is 11.3 Å². The second-order valence-electron chi connectivity index (χ2n) is 6.81. The molecule has 0 spiro atoms. The summed E-state index contributed by atoms with van der Waals surface area (Å²) in [5.41, 5.74) is 1.55. The van der Waals surface area contributed by atoms with Gasteiger partial charge in [0, 0.05) is 16.2 Å². The Hall–Kier alpha value is -2.94. The number of fused-ring (bicyclic) bond motifs is 2. The first kappa shape index (κ1) is 20.0. The van der Waals surface area contributed by atoms with Crippen LogP contribution in [0.15, 0.2) is 48.5 Å². The fraction of sp³-hybridized carbons (Fsp3) is 0.136. The fourth-order valence-electron chi connectivity index (χ4n) is 3.34. The Kier molecular flexibility index (Phi) is 5.13. The normalized spacial score (nSPS) is 11.3. The molecule has 3 heterocycles. The number of nitrogens with one attached hydrogen (secondary N) is 1. The van der Waals surface area contributed by atoms with E-state index in [0.29, 0.717) is 27.5 Å². The monoisotopic (exact) mass is 468 g/mol. The maximum atomic E-state index is 13.0. The van der Waals surface area contributed by atoms with E-state index in [-0.39, 0.29) is 5.91 Å². The standard InChI is InChI=1S/C22H17ClN4O2S2/c1-3-29-14-8-6-10-16-19(14)25-22(31-16)27-17(11-12(2)26-27)24-21(28)20-18(23)13-7-4-5-9-15(13)30-20/h4-11H,3H2,1-2H3,(H,24,28). The minimum atomic E-state index is -0.275. The van der Waals surface area contributed by atoms with Crippen LogP contribution in [0.5, 0.6) is 5.75 Å². The quantitative estimate of drug-likeness (QED) is 0.328. The molecule has 1 amide bonds. The molecule has 0 saturated heterocycles. The lowest BCUT2D eigenvalue weighted by atomic mass is 10.2. The lowest BCUT2D eigenvalue weighted by Crippen LogP contribution is -2.14. The van der Waals surface area contributed by atoms with Crippen LogP contribution in [0, 0.1) is 6.92 Å². The molecule has 5 aromatic rings. The molecule has 0 saturated carbocycles. The van der Waals surface area contributed by atoms with Crippen molar-refractivity contribution in [3.8, 4) is 10.9 Å². The van der Waals surface area contributed by atoms with Gasteiger partial charge in [0.1, 0.15) is 22.0 Å². The average Bonchev–Trinajstić information content (AvgIpc) is 3.44. The highest BCUT2D eigenvalue weighted by molar-refractivity contribution is 7.21. The van der Waals surface area contributed by atoms with Gasteiger partial charge < -0.3 is 10.1 Å². The average molecular weight is 469 g/mol. The zero-order valence-corrected chi connectivity index (χ0v) is 19.1. The molecule has 0 aliphatic heterocycles. The zero-order chi connectivity index (χ0) is 21.5. The van der Waals surface area contributed by atoms with Crippen molar-refractivity contribution in [1.82, 2.24) is 14.8 Å². The fourth-order valence-corrected chi connectivity index (χ4v) is 5.70. The molecule has 9 heteroatoms. The first-order chi connectivity index (χ1) is 15.0. The van der Waals surface area contributed by atoms with Gasteiger partial charge in [-0.25, -0.2) is 4.98 Å². The number of hydrogen-bond donors (Lipinski definition) is 1. The van der Waals surface area contributed by atoms with Crippen molar-refractivity contribution < 1.29 is 9.53 Å². The van der Waals surface area contributed by atoms with Gasteiger partial charge in [0.05, 0.1) is 22.0 Å². The minimum Gasteiger partial charge on any atom is -0.492 e. The number of hydrogen-bond acceptors (Lipinski definition) is 6. The van der Waals surface area contributed by atoms with Crippen LogP contribution in [-0.4, -0.2) is 27.3 Å². The van der Waals surface area contributed by atoms with Gasteiger partial charge in [0.15, 0.2) is 0 Å². The SMILES string of the molecule is CCOc1cccc2sc(-n3nc(C)cc3NC(=O)c3sc4ccccc4c3Cl)nc12. The van der Waals surface area contributed by atoms with Crippen LogP contribution in [0.25, 0.3) is 25.4 Å². The molecule has 3 aromatic heterocycles. The number of aryl methyl sites for hydroxylation is 1. The molecule has 1 N–H and O–H groups in total. The van der Waals surface area contributed by atoms with Gasteiger partial charge >= 0.3 is 0 Å². The number of nitrogens with zero attached hydrogens (tertiary/aromatic N) is 3. The van der Waals surface area contributed by atoms with Crippen molar-refractivity contribution in [2.45, 2.75) is 13.8 Å². The summed E-state index contributed by atoms with van der Waals surface area (Å²) in [6.45, 7) is 4.37. The number of benzene rings is 2. The predicted octanol–water partition coefficient (Wildman–Crippen LogP) is 6.31. The Labute approximate surface area is 191 Å². The highest BCUT2D eigenvalue weighted by Gasteiger charge is 2.20. The number of para-hydroxylation sites is 1. The third-order valence-electron chi connectivity index (χ3n) is 4.67. The highest BCUT2D eigenvalue weighted by atomic mass is 35.5. The summed E-state index contributed by atoms with van der Waals surface area (Å²) in [6, 6.07) is 15.3. The number of amides is 1. The molecule has 0 aliphatic rings. The van der Waals surface area contributed by atoms with E-state index in [2.05, 4.69) is 10.4 Å². The predicted molar refractivity (Wildman–Crippen MR) is 127 cm³/mol. The van der Waals surface area contributed by atoms with Gasteiger partial charge in [-0.2, -0.15) is 9.78 Å².